The van der Waals surface area contributed by atoms with Gasteiger partial charge in [-0.05, 0) is 18.2 Å². The van der Waals surface area contributed by atoms with Gasteiger partial charge in [-0.25, -0.2) is 0 Å². The smallest absolute Gasteiger partial charge is 0.169 e. The highest BCUT2D eigenvalue weighted by Gasteiger charge is 2.23. The molecule has 0 saturated carbocycles. The Balaban J connectivity index is 2.51. The molecule has 1 unspecified atom stereocenters. The van der Waals surface area contributed by atoms with E-state index in [0.29, 0.717) is 17.1 Å². The first kappa shape index (κ1) is 8.57. The number of carbonyl (C=O) groups is 1. The number of hydrogen-bond donors (Lipinski definition) is 1. The maximum atomic E-state index is 11.7. The van der Waals surface area contributed by atoms with Gasteiger partial charge >= 0.3 is 0 Å². The first-order chi connectivity index (χ1) is 6.18. The molecule has 1 atom stereocenters. The summed E-state index contributed by atoms with van der Waals surface area (Å²) in [7, 11) is 0. The van der Waals surface area contributed by atoms with Crippen LogP contribution in [0, 0.1) is 5.92 Å². The number of rotatable bonds is 0. The molecule has 13 heavy (non-hydrogen) atoms. The fraction of sp³-hybridized carbons (Fsp3) is 0.300. The molecule has 0 amide bonds. The first-order valence-electron chi connectivity index (χ1n) is 4.26. The second-order valence-electron chi connectivity index (χ2n) is 3.34. The zero-order chi connectivity index (χ0) is 9.42. The van der Waals surface area contributed by atoms with E-state index in [9.17, 15) is 4.79 Å². The number of halogens is 1. The van der Waals surface area contributed by atoms with Crippen LogP contribution in [0.25, 0.3) is 0 Å². The van der Waals surface area contributed by atoms with E-state index in [1.165, 1.54) is 0 Å². The number of hydrogen-bond acceptors (Lipinski definition) is 2. The Morgan fingerprint density at radius 3 is 3.08 bits per heavy atom. The van der Waals surface area contributed by atoms with Crippen molar-refractivity contribution in [1.82, 2.24) is 0 Å². The van der Waals surface area contributed by atoms with Gasteiger partial charge in [0, 0.05) is 28.7 Å². The molecule has 0 aromatic heterocycles. The summed E-state index contributed by atoms with van der Waals surface area (Å²) in [5, 5.41) is 3.80. The van der Waals surface area contributed by atoms with Gasteiger partial charge in [-0.1, -0.05) is 18.5 Å². The lowest BCUT2D eigenvalue weighted by Crippen LogP contribution is -2.27. The number of fused-ring (bicyclic) bond motifs is 1. The standard InChI is InChI=1S/C10H10ClNO/c1-6-5-12-9-3-2-7(11)4-8(9)10(6)13/h2-4,6,12H,5H2,1H3. The Morgan fingerprint density at radius 2 is 2.31 bits per heavy atom. The summed E-state index contributed by atoms with van der Waals surface area (Å²) in [6.07, 6.45) is 0. The van der Waals surface area contributed by atoms with Crippen molar-refractivity contribution in [2.75, 3.05) is 11.9 Å². The third kappa shape index (κ3) is 1.42. The maximum Gasteiger partial charge on any atom is 0.169 e. The lowest BCUT2D eigenvalue weighted by atomic mass is 9.94. The minimum atomic E-state index is 0.0472. The second kappa shape index (κ2) is 3.04. The van der Waals surface area contributed by atoms with Crippen LogP contribution >= 0.6 is 11.6 Å². The molecule has 0 spiro atoms. The van der Waals surface area contributed by atoms with Gasteiger partial charge in [0.05, 0.1) is 0 Å². The summed E-state index contributed by atoms with van der Waals surface area (Å²) in [6.45, 7) is 2.63. The van der Waals surface area contributed by atoms with Crippen LogP contribution < -0.4 is 5.32 Å². The maximum absolute atomic E-state index is 11.7. The van der Waals surface area contributed by atoms with Gasteiger partial charge < -0.3 is 5.32 Å². The minimum Gasteiger partial charge on any atom is -0.384 e. The van der Waals surface area contributed by atoms with Gasteiger partial charge in [-0.2, -0.15) is 0 Å². The van der Waals surface area contributed by atoms with Gasteiger partial charge in [0.2, 0.25) is 0 Å². The van der Waals surface area contributed by atoms with E-state index >= 15 is 0 Å². The Kier molecular flexibility index (Phi) is 2.00. The van der Waals surface area contributed by atoms with E-state index in [1.807, 2.05) is 13.0 Å². The van der Waals surface area contributed by atoms with Crippen molar-refractivity contribution in [3.63, 3.8) is 0 Å². The fourth-order valence-electron chi connectivity index (χ4n) is 1.50. The van der Waals surface area contributed by atoms with E-state index in [-0.39, 0.29) is 11.7 Å². The van der Waals surface area contributed by atoms with Crippen molar-refractivity contribution in [3.05, 3.63) is 28.8 Å². The van der Waals surface area contributed by atoms with Gasteiger partial charge in [0.25, 0.3) is 0 Å². The van der Waals surface area contributed by atoms with E-state index in [1.54, 1.807) is 12.1 Å². The van der Waals surface area contributed by atoms with Crippen molar-refractivity contribution in [1.29, 1.82) is 0 Å². The SMILES string of the molecule is CC1CNc2ccc(Cl)cc2C1=O. The monoisotopic (exact) mass is 195 g/mol. The van der Waals surface area contributed by atoms with Crippen molar-refractivity contribution >= 4 is 23.1 Å². The molecule has 3 heteroatoms. The minimum absolute atomic E-state index is 0.0472. The quantitative estimate of drug-likeness (QED) is 0.690. The molecular formula is C10H10ClNO. The van der Waals surface area contributed by atoms with Crippen LogP contribution in [0.1, 0.15) is 17.3 Å². The number of Topliss-reactive ketones (excluding diaryl/α,β-unsaturated/α-hetero) is 1. The van der Waals surface area contributed by atoms with Crippen LogP contribution in [0.3, 0.4) is 0 Å². The molecule has 1 N–H and O–H groups in total. The summed E-state index contributed by atoms with van der Waals surface area (Å²) in [5.74, 6) is 0.224. The molecule has 68 valence electrons. The van der Waals surface area contributed by atoms with Crippen LogP contribution in [0.2, 0.25) is 5.02 Å². The molecule has 0 fully saturated rings. The van der Waals surface area contributed by atoms with E-state index in [4.69, 9.17) is 11.6 Å². The molecule has 1 aliphatic rings. The summed E-state index contributed by atoms with van der Waals surface area (Å²) in [6, 6.07) is 5.36. The molecule has 1 aliphatic heterocycles. The number of anilines is 1. The molecule has 0 aliphatic carbocycles. The van der Waals surface area contributed by atoms with Crippen molar-refractivity contribution in [2.24, 2.45) is 5.92 Å². The normalized spacial score (nSPS) is 20.8. The number of benzene rings is 1. The highest BCUT2D eigenvalue weighted by Crippen LogP contribution is 2.27. The predicted molar refractivity (Wildman–Crippen MR) is 53.4 cm³/mol. The largest absolute Gasteiger partial charge is 0.384 e. The Hall–Kier alpha value is -1.02. The third-order valence-corrected chi connectivity index (χ3v) is 2.53. The molecular weight excluding hydrogens is 186 g/mol. The van der Waals surface area contributed by atoms with Gasteiger partial charge in [0.1, 0.15) is 0 Å². The number of carbonyl (C=O) groups excluding carboxylic acids is 1. The predicted octanol–water partition coefficient (Wildman–Crippen LogP) is 2.58. The van der Waals surface area contributed by atoms with Crippen LogP contribution in [0.5, 0.6) is 0 Å². The van der Waals surface area contributed by atoms with Crippen LogP contribution in [0.4, 0.5) is 5.69 Å². The van der Waals surface area contributed by atoms with E-state index < -0.39 is 0 Å². The molecule has 1 aromatic rings. The topological polar surface area (TPSA) is 29.1 Å². The zero-order valence-electron chi connectivity index (χ0n) is 7.30. The second-order valence-corrected chi connectivity index (χ2v) is 3.77. The van der Waals surface area contributed by atoms with Gasteiger partial charge in [-0.15, -0.1) is 0 Å². The first-order valence-corrected chi connectivity index (χ1v) is 4.64. The van der Waals surface area contributed by atoms with Crippen LogP contribution in [-0.2, 0) is 0 Å². The highest BCUT2D eigenvalue weighted by molar-refractivity contribution is 6.31. The van der Waals surface area contributed by atoms with Crippen molar-refractivity contribution in [2.45, 2.75) is 6.92 Å². The zero-order valence-corrected chi connectivity index (χ0v) is 8.06. The summed E-state index contributed by atoms with van der Waals surface area (Å²) in [5.41, 5.74) is 1.61. The molecule has 0 saturated heterocycles. The summed E-state index contributed by atoms with van der Waals surface area (Å²) < 4.78 is 0. The number of ketones is 1. The van der Waals surface area contributed by atoms with Crippen LogP contribution in [0.15, 0.2) is 18.2 Å². The third-order valence-electron chi connectivity index (χ3n) is 2.29. The fourth-order valence-corrected chi connectivity index (χ4v) is 1.67. The van der Waals surface area contributed by atoms with E-state index in [2.05, 4.69) is 5.32 Å². The number of nitrogens with one attached hydrogen (secondary N) is 1. The molecule has 0 radical (unpaired) electrons. The van der Waals surface area contributed by atoms with Crippen LogP contribution in [-0.4, -0.2) is 12.3 Å². The summed E-state index contributed by atoms with van der Waals surface area (Å²) >= 11 is 5.81. The molecule has 1 heterocycles. The summed E-state index contributed by atoms with van der Waals surface area (Å²) in [4.78, 5) is 11.7. The van der Waals surface area contributed by atoms with Gasteiger partial charge in [-0.3, -0.25) is 4.79 Å². The van der Waals surface area contributed by atoms with E-state index in [0.717, 1.165) is 5.69 Å². The lowest BCUT2D eigenvalue weighted by Gasteiger charge is -2.21. The van der Waals surface area contributed by atoms with Crippen molar-refractivity contribution in [3.8, 4) is 0 Å². The molecule has 1 aromatic carbocycles. The Bertz CT molecular complexity index is 362. The lowest BCUT2D eigenvalue weighted by molar-refractivity contribution is 0.0932. The molecule has 0 bridgehead atoms. The van der Waals surface area contributed by atoms with Gasteiger partial charge in [0.15, 0.2) is 5.78 Å². The van der Waals surface area contributed by atoms with Crippen molar-refractivity contribution < 1.29 is 4.79 Å². The molecule has 2 rings (SSSR count). The average Bonchev–Trinajstić information content (AvgIpc) is 2.12. The molecule has 2 nitrogen and oxygen atoms in total. The Labute approximate surface area is 81.9 Å². The Morgan fingerprint density at radius 1 is 1.54 bits per heavy atom. The highest BCUT2D eigenvalue weighted by atomic mass is 35.5. The average molecular weight is 196 g/mol.